The van der Waals surface area contributed by atoms with Crippen molar-refractivity contribution in [2.24, 2.45) is 5.73 Å². The smallest absolute Gasteiger partial charge is 0.256 e. The summed E-state index contributed by atoms with van der Waals surface area (Å²) in [5, 5.41) is 24.8. The lowest BCUT2D eigenvalue weighted by molar-refractivity contribution is 0.398. The number of allylic oxidation sites excluding steroid dienone is 1. The first-order valence-corrected chi connectivity index (χ1v) is 9.77. The number of aromatic nitrogens is 1. The van der Waals surface area contributed by atoms with E-state index in [1.54, 1.807) is 0 Å². The maximum Gasteiger partial charge on any atom is 0.256 e. The maximum atomic E-state index is 13.0. The van der Waals surface area contributed by atoms with Crippen molar-refractivity contribution in [3.05, 3.63) is 55.3 Å². The van der Waals surface area contributed by atoms with Crippen molar-refractivity contribution in [2.45, 2.75) is 12.8 Å². The van der Waals surface area contributed by atoms with Gasteiger partial charge in [-0.15, -0.1) is 22.7 Å². The van der Waals surface area contributed by atoms with Gasteiger partial charge < -0.3 is 20.8 Å². The number of nitrogens with zero attached hydrogens (tertiary/aromatic N) is 2. The molecule has 27 heavy (non-hydrogen) atoms. The monoisotopic (exact) mass is 395 g/mol. The van der Waals surface area contributed by atoms with Crippen LogP contribution in [0.5, 0.6) is 5.75 Å². The average molecular weight is 395 g/mol. The first kappa shape index (κ1) is 17.2. The minimum absolute atomic E-state index is 0.0211. The minimum atomic E-state index is -0.595. The second kappa shape index (κ2) is 6.47. The number of anilines is 1. The van der Waals surface area contributed by atoms with E-state index in [0.29, 0.717) is 38.6 Å². The van der Waals surface area contributed by atoms with E-state index in [9.17, 15) is 15.3 Å². The number of hydrogen-bond acceptors (Lipinski definition) is 8. The third-order valence-electron chi connectivity index (χ3n) is 4.29. The van der Waals surface area contributed by atoms with Crippen molar-refractivity contribution in [3.8, 4) is 17.9 Å². The van der Waals surface area contributed by atoms with E-state index in [-0.39, 0.29) is 11.5 Å². The quantitative estimate of drug-likeness (QED) is 0.625. The molecule has 134 valence electrons. The van der Waals surface area contributed by atoms with Crippen LogP contribution in [0.1, 0.15) is 28.8 Å². The van der Waals surface area contributed by atoms with Crippen LogP contribution in [0, 0.1) is 22.7 Å². The lowest BCUT2D eigenvalue weighted by Gasteiger charge is -2.24. The Morgan fingerprint density at radius 2 is 2.22 bits per heavy atom. The molecule has 4 N–H and O–H groups in total. The first-order valence-electron chi connectivity index (χ1n) is 8.08. The molecule has 0 aromatic carbocycles. The minimum Gasteiger partial charge on any atom is -0.438 e. The number of fused-ring (bicyclic) bond motifs is 3. The van der Waals surface area contributed by atoms with Gasteiger partial charge in [0.05, 0.1) is 21.7 Å². The van der Waals surface area contributed by atoms with Crippen LogP contribution >= 0.6 is 22.7 Å². The summed E-state index contributed by atoms with van der Waals surface area (Å²) in [6, 6.07) is 7.93. The summed E-state index contributed by atoms with van der Waals surface area (Å²) in [7, 11) is 0. The molecule has 0 radical (unpaired) electrons. The number of nitrogens with one attached hydrogen (secondary N) is 2. The molecule has 1 unspecified atom stereocenters. The Kier molecular flexibility index (Phi) is 4.11. The zero-order chi connectivity index (χ0) is 19.1. The number of hydrogen-bond donors (Lipinski definition) is 3. The Hall–Kier alpha value is -3.27. The molecule has 0 fully saturated rings. The molecule has 3 aromatic rings. The molecule has 4 rings (SSSR count). The molecule has 1 aliphatic heterocycles. The van der Waals surface area contributed by atoms with Crippen LogP contribution in [0.25, 0.3) is 10.2 Å². The van der Waals surface area contributed by atoms with Gasteiger partial charge in [-0.1, -0.05) is 6.07 Å². The summed E-state index contributed by atoms with van der Waals surface area (Å²) in [6.07, 6.45) is 0. The molecule has 9 heteroatoms. The first-order chi connectivity index (χ1) is 13.1. The van der Waals surface area contributed by atoms with Gasteiger partial charge in [0, 0.05) is 11.4 Å². The van der Waals surface area contributed by atoms with Crippen molar-refractivity contribution >= 4 is 37.9 Å². The molecule has 0 aliphatic carbocycles. The van der Waals surface area contributed by atoms with Crippen molar-refractivity contribution in [1.82, 2.24) is 4.98 Å². The van der Waals surface area contributed by atoms with Crippen LogP contribution in [-0.2, 0) is 0 Å². The van der Waals surface area contributed by atoms with Crippen LogP contribution in [0.15, 0.2) is 33.8 Å². The SMILES string of the molecule is CCNc1sc2c3c(c(=O)[nH]c2c1C#N)C(c1cccs1)C(C#N)=C(N)O3. The fourth-order valence-electron chi connectivity index (χ4n) is 3.18. The number of pyridine rings is 1. The lowest BCUT2D eigenvalue weighted by Crippen LogP contribution is -2.27. The number of nitriles is 2. The number of thiophene rings is 2. The summed E-state index contributed by atoms with van der Waals surface area (Å²) >= 11 is 2.76. The van der Waals surface area contributed by atoms with Gasteiger partial charge in [0.25, 0.3) is 5.56 Å². The van der Waals surface area contributed by atoms with Gasteiger partial charge in [-0.2, -0.15) is 10.5 Å². The summed E-state index contributed by atoms with van der Waals surface area (Å²) in [5.74, 6) is -0.302. The van der Waals surface area contributed by atoms with E-state index in [0.717, 1.165) is 4.88 Å². The predicted octanol–water partition coefficient (Wildman–Crippen LogP) is 3.17. The number of ether oxygens (including phenoxy) is 1. The normalized spacial score (nSPS) is 15.7. The highest BCUT2D eigenvalue weighted by Crippen LogP contribution is 2.47. The summed E-state index contributed by atoms with van der Waals surface area (Å²) in [5.41, 5.74) is 6.96. The van der Waals surface area contributed by atoms with Crippen molar-refractivity contribution < 1.29 is 4.74 Å². The third-order valence-corrected chi connectivity index (χ3v) is 6.38. The molecule has 0 spiro atoms. The highest BCUT2D eigenvalue weighted by molar-refractivity contribution is 7.23. The molecule has 0 bridgehead atoms. The van der Waals surface area contributed by atoms with Crippen molar-refractivity contribution in [3.63, 3.8) is 0 Å². The number of aromatic amines is 1. The Labute approximate surface area is 161 Å². The zero-order valence-corrected chi connectivity index (χ0v) is 15.8. The molecule has 1 aliphatic rings. The number of H-pyrrole nitrogens is 1. The summed E-state index contributed by atoms with van der Waals surface area (Å²) < 4.78 is 6.37. The highest BCUT2D eigenvalue weighted by atomic mass is 32.1. The Bertz CT molecular complexity index is 1220. The fraction of sp³-hybridized carbons (Fsp3) is 0.167. The van der Waals surface area contributed by atoms with E-state index in [1.807, 2.05) is 24.4 Å². The van der Waals surface area contributed by atoms with E-state index >= 15 is 0 Å². The Balaban J connectivity index is 2.08. The van der Waals surface area contributed by atoms with Gasteiger partial charge in [-0.05, 0) is 18.4 Å². The zero-order valence-electron chi connectivity index (χ0n) is 14.1. The predicted molar refractivity (Wildman–Crippen MR) is 105 cm³/mol. The van der Waals surface area contributed by atoms with Crippen LogP contribution in [0.2, 0.25) is 0 Å². The second-order valence-electron chi connectivity index (χ2n) is 5.79. The molecule has 1 atom stereocenters. The topological polar surface area (TPSA) is 128 Å². The summed E-state index contributed by atoms with van der Waals surface area (Å²) in [4.78, 5) is 16.6. The second-order valence-corrected chi connectivity index (χ2v) is 7.79. The Morgan fingerprint density at radius 3 is 2.85 bits per heavy atom. The van der Waals surface area contributed by atoms with E-state index in [2.05, 4.69) is 22.4 Å². The van der Waals surface area contributed by atoms with E-state index in [4.69, 9.17) is 10.5 Å². The maximum absolute atomic E-state index is 13.0. The molecule has 3 aromatic heterocycles. The molecule has 0 amide bonds. The van der Waals surface area contributed by atoms with Crippen LogP contribution in [-0.4, -0.2) is 11.5 Å². The highest BCUT2D eigenvalue weighted by Gasteiger charge is 2.36. The molecule has 7 nitrogen and oxygen atoms in total. The van der Waals surface area contributed by atoms with Crippen LogP contribution < -0.4 is 21.3 Å². The van der Waals surface area contributed by atoms with Crippen molar-refractivity contribution in [1.29, 1.82) is 10.5 Å². The van der Waals surface area contributed by atoms with Gasteiger partial charge in [-0.3, -0.25) is 4.79 Å². The molecule has 0 saturated heterocycles. The summed E-state index contributed by atoms with van der Waals surface area (Å²) in [6.45, 7) is 2.56. The fourth-order valence-corrected chi connectivity index (χ4v) is 5.20. The lowest BCUT2D eigenvalue weighted by atomic mass is 9.89. The number of nitrogens with two attached hydrogens (primary N) is 1. The van der Waals surface area contributed by atoms with Gasteiger partial charge in [0.1, 0.15) is 28.3 Å². The van der Waals surface area contributed by atoms with Gasteiger partial charge >= 0.3 is 0 Å². The molecular weight excluding hydrogens is 382 g/mol. The number of rotatable bonds is 3. The van der Waals surface area contributed by atoms with E-state index in [1.165, 1.54) is 22.7 Å². The van der Waals surface area contributed by atoms with Gasteiger partial charge in [0.2, 0.25) is 5.88 Å². The standard InChI is InChI=1S/C18H13N5O2S2/c1-2-22-18-9(7-20)13-15(27-18)14-12(17(24)23-13)11(10-4-3-5-26-10)8(6-19)16(21)25-14/h3-5,11,22H,2,21H2,1H3,(H,23,24). The molecule has 4 heterocycles. The largest absolute Gasteiger partial charge is 0.438 e. The van der Waals surface area contributed by atoms with Crippen LogP contribution in [0.4, 0.5) is 5.00 Å². The third kappa shape index (κ3) is 2.48. The van der Waals surface area contributed by atoms with Crippen LogP contribution in [0.3, 0.4) is 0 Å². The molecule has 0 saturated carbocycles. The molecular formula is C18H13N5O2S2. The van der Waals surface area contributed by atoms with Gasteiger partial charge in [0.15, 0.2) is 5.75 Å². The Morgan fingerprint density at radius 1 is 1.41 bits per heavy atom. The van der Waals surface area contributed by atoms with E-state index < -0.39 is 11.5 Å². The average Bonchev–Trinajstić information content (AvgIpc) is 3.29. The van der Waals surface area contributed by atoms with Crippen molar-refractivity contribution in [2.75, 3.05) is 11.9 Å². The van der Waals surface area contributed by atoms with Gasteiger partial charge in [-0.25, -0.2) is 0 Å².